The van der Waals surface area contributed by atoms with Crippen LogP contribution in [-0.4, -0.2) is 49.3 Å². The Morgan fingerprint density at radius 2 is 1.79 bits per heavy atom. The van der Waals surface area contributed by atoms with Gasteiger partial charge in [0.05, 0.1) is 0 Å². The fourth-order valence-electron chi connectivity index (χ4n) is 7.57. The van der Waals surface area contributed by atoms with Gasteiger partial charge in [0.15, 0.2) is 0 Å². The van der Waals surface area contributed by atoms with Gasteiger partial charge in [-0.2, -0.15) is 0 Å². The monoisotopic (exact) mass is 356 g/mol. The molecule has 24 heavy (non-hydrogen) atoms. The second kappa shape index (κ2) is 5.71. The van der Waals surface area contributed by atoms with E-state index in [1.54, 1.807) is 0 Å². The SMILES string of the molecule is C=C1C[C@@]23CC[C@H]4[C@@](C)(CCC[C@@]4(C)C(=O)[O-])[C@@H]2CC[C@]1([O-])C3.[Ca+2]. The molecule has 6 atom stereocenters. The first-order chi connectivity index (χ1) is 10.7. The molecule has 4 heteroatoms. The second-order valence-electron chi connectivity index (χ2n) is 9.56. The molecule has 2 bridgehead atoms. The molecule has 0 amide bonds. The van der Waals surface area contributed by atoms with Crippen LogP contribution in [0.4, 0.5) is 0 Å². The molecule has 0 N–H and O–H groups in total. The molecule has 4 fully saturated rings. The van der Waals surface area contributed by atoms with Crippen molar-refractivity contribution >= 4 is 43.7 Å². The van der Waals surface area contributed by atoms with Crippen molar-refractivity contribution in [3.05, 3.63) is 12.2 Å². The minimum Gasteiger partial charge on any atom is -0.846 e. The molecule has 4 aliphatic carbocycles. The van der Waals surface area contributed by atoms with Crippen LogP contribution in [0.1, 0.15) is 71.6 Å². The van der Waals surface area contributed by atoms with Gasteiger partial charge in [-0.15, -0.1) is 6.58 Å². The van der Waals surface area contributed by atoms with Crippen molar-refractivity contribution in [3.8, 4) is 0 Å². The first kappa shape index (κ1) is 19.2. The van der Waals surface area contributed by atoms with E-state index < -0.39 is 17.0 Å². The van der Waals surface area contributed by atoms with Gasteiger partial charge in [-0.25, -0.2) is 0 Å². The van der Waals surface area contributed by atoms with Gasteiger partial charge in [0.1, 0.15) is 0 Å². The van der Waals surface area contributed by atoms with Gasteiger partial charge in [0.2, 0.25) is 0 Å². The minimum absolute atomic E-state index is 0. The largest absolute Gasteiger partial charge is 2.00 e. The van der Waals surface area contributed by atoms with Crippen molar-refractivity contribution in [2.24, 2.45) is 28.1 Å². The van der Waals surface area contributed by atoms with Crippen LogP contribution in [0.25, 0.3) is 0 Å². The quantitative estimate of drug-likeness (QED) is 0.532. The van der Waals surface area contributed by atoms with Crippen LogP contribution >= 0.6 is 0 Å². The zero-order valence-corrected chi connectivity index (χ0v) is 17.4. The molecule has 0 aliphatic heterocycles. The van der Waals surface area contributed by atoms with Crippen molar-refractivity contribution < 1.29 is 15.0 Å². The number of carbonyl (C=O) groups is 1. The summed E-state index contributed by atoms with van der Waals surface area (Å²) >= 11 is 0. The topological polar surface area (TPSA) is 63.2 Å². The Bertz CT molecular complexity index is 589. The molecule has 0 saturated heterocycles. The molecule has 0 aromatic carbocycles. The fourth-order valence-corrected chi connectivity index (χ4v) is 7.57. The predicted molar refractivity (Wildman–Crippen MR) is 89.8 cm³/mol. The molecule has 0 radical (unpaired) electrons. The van der Waals surface area contributed by atoms with E-state index in [-0.39, 0.29) is 54.5 Å². The van der Waals surface area contributed by atoms with Crippen molar-refractivity contribution in [3.63, 3.8) is 0 Å². The third-order valence-corrected chi connectivity index (χ3v) is 8.59. The zero-order valence-electron chi connectivity index (χ0n) is 15.2. The number of rotatable bonds is 1. The number of fused-ring (bicyclic) bond motifs is 3. The van der Waals surface area contributed by atoms with E-state index in [0.29, 0.717) is 12.3 Å². The molecule has 0 unspecified atom stereocenters. The summed E-state index contributed by atoms with van der Waals surface area (Å²) in [5.74, 6) is -0.194. The maximum atomic E-state index is 13.0. The Balaban J connectivity index is 0.00000169. The number of carboxylic acids is 1. The van der Waals surface area contributed by atoms with E-state index in [2.05, 4.69) is 13.5 Å². The molecule has 0 heterocycles. The summed E-state index contributed by atoms with van der Waals surface area (Å²) in [6.45, 7) is 8.36. The molecule has 128 valence electrons. The first-order valence-corrected chi connectivity index (χ1v) is 9.27. The van der Waals surface area contributed by atoms with Crippen LogP contribution in [0.15, 0.2) is 12.2 Å². The van der Waals surface area contributed by atoms with Gasteiger partial charge in [0.25, 0.3) is 0 Å². The fraction of sp³-hybridized carbons (Fsp3) is 0.850. The average Bonchev–Trinajstić information content (AvgIpc) is 2.63. The third kappa shape index (κ3) is 2.27. The summed E-state index contributed by atoms with van der Waals surface area (Å²) in [5, 5.41) is 24.9. The van der Waals surface area contributed by atoms with Gasteiger partial charge < -0.3 is 15.0 Å². The van der Waals surface area contributed by atoms with Crippen LogP contribution in [0, 0.1) is 28.1 Å². The first-order valence-electron chi connectivity index (χ1n) is 9.27. The number of carboxylic acid groups (broad SMARTS) is 1. The van der Waals surface area contributed by atoms with Gasteiger partial charge in [-0.3, -0.25) is 0 Å². The van der Waals surface area contributed by atoms with Crippen molar-refractivity contribution in [2.45, 2.75) is 77.2 Å². The molecule has 4 aliphatic rings. The molecule has 4 rings (SSSR count). The molecule has 3 nitrogen and oxygen atoms in total. The van der Waals surface area contributed by atoms with E-state index in [9.17, 15) is 15.0 Å². The third-order valence-electron chi connectivity index (χ3n) is 8.59. The maximum absolute atomic E-state index is 13.0. The Morgan fingerprint density at radius 3 is 2.46 bits per heavy atom. The van der Waals surface area contributed by atoms with E-state index in [0.717, 1.165) is 56.9 Å². The van der Waals surface area contributed by atoms with Crippen molar-refractivity contribution in [1.82, 2.24) is 0 Å². The van der Waals surface area contributed by atoms with E-state index in [1.165, 1.54) is 0 Å². The molecular weight excluding hydrogens is 328 g/mol. The van der Waals surface area contributed by atoms with Crippen molar-refractivity contribution in [1.29, 1.82) is 0 Å². The average molecular weight is 357 g/mol. The van der Waals surface area contributed by atoms with Crippen LogP contribution in [0.2, 0.25) is 0 Å². The number of hydrogen-bond donors (Lipinski definition) is 0. The summed E-state index contributed by atoms with van der Waals surface area (Å²) < 4.78 is 0. The minimum atomic E-state index is -0.897. The number of carbonyl (C=O) groups excluding carboxylic acids is 1. The van der Waals surface area contributed by atoms with Gasteiger partial charge >= 0.3 is 37.7 Å². The molecule has 4 saturated carbocycles. The van der Waals surface area contributed by atoms with Gasteiger partial charge in [-0.1, -0.05) is 44.3 Å². The Kier molecular flexibility index (Phi) is 4.57. The van der Waals surface area contributed by atoms with Gasteiger partial charge in [-0.05, 0) is 61.2 Å². The standard InChI is InChI=1S/C20H29O3.Ca/c1-13-11-19-9-5-14-17(2,7-4-8-18(14,3)16(21)22)15(19)6-10-20(13,23)12-19;/h14-15H,1,4-12H2,2-3H3,(H,21,22);/q-1;+2/p-1/t14-,15-,17+,18+,19+,20-;/m0./s1. The van der Waals surface area contributed by atoms with Crippen LogP contribution in [0.5, 0.6) is 0 Å². The van der Waals surface area contributed by atoms with Crippen molar-refractivity contribution in [2.75, 3.05) is 0 Å². The van der Waals surface area contributed by atoms with Crippen LogP contribution in [-0.2, 0) is 4.79 Å². The van der Waals surface area contributed by atoms with Crippen LogP contribution in [0.3, 0.4) is 0 Å². The maximum Gasteiger partial charge on any atom is 2.00 e. The van der Waals surface area contributed by atoms with E-state index >= 15 is 0 Å². The molecular formula is C20H28CaO3. The van der Waals surface area contributed by atoms with Crippen LogP contribution < -0.4 is 10.2 Å². The summed E-state index contributed by atoms with van der Waals surface area (Å²) in [6.07, 6.45) is 8.03. The Hall–Kier alpha value is 0.430. The summed E-state index contributed by atoms with van der Waals surface area (Å²) in [5.41, 5.74) is -0.535. The second-order valence-corrected chi connectivity index (χ2v) is 9.56. The summed E-state index contributed by atoms with van der Waals surface area (Å²) in [4.78, 5) is 11.9. The van der Waals surface area contributed by atoms with E-state index in [1.807, 2.05) is 6.92 Å². The predicted octanol–water partition coefficient (Wildman–Crippen LogP) is 1.81. The summed E-state index contributed by atoms with van der Waals surface area (Å²) in [7, 11) is 0. The number of hydrogen-bond acceptors (Lipinski definition) is 3. The molecule has 0 aromatic heterocycles. The Labute approximate surface area is 175 Å². The zero-order chi connectivity index (χ0) is 16.7. The Morgan fingerprint density at radius 1 is 1.12 bits per heavy atom. The number of aliphatic carboxylic acids is 1. The molecule has 1 spiro atoms. The smallest absolute Gasteiger partial charge is 0.846 e. The molecule has 0 aromatic rings. The normalized spacial score (nSPS) is 52.9. The summed E-state index contributed by atoms with van der Waals surface area (Å²) in [6, 6.07) is 0. The van der Waals surface area contributed by atoms with E-state index in [4.69, 9.17) is 0 Å². The van der Waals surface area contributed by atoms with Gasteiger partial charge in [0, 0.05) is 11.4 Å².